The molecule has 0 radical (unpaired) electrons. The van der Waals surface area contributed by atoms with Crippen molar-refractivity contribution in [3.8, 4) is 0 Å². The Kier molecular flexibility index (Phi) is 3.20. The Morgan fingerprint density at radius 2 is 1.88 bits per heavy atom. The van der Waals surface area contributed by atoms with Gasteiger partial charge in [-0.05, 0) is 36.8 Å². The second-order valence-electron chi connectivity index (χ2n) is 5.24. The van der Waals surface area contributed by atoms with Gasteiger partial charge in [-0.2, -0.15) is 0 Å². The largest absolute Gasteiger partial charge is 0.396 e. The molecule has 1 saturated heterocycles. The summed E-state index contributed by atoms with van der Waals surface area (Å²) in [6, 6.07) is 8.54. The van der Waals surface area contributed by atoms with Gasteiger partial charge in [0, 0.05) is 25.4 Å². The molecule has 1 aromatic carbocycles. The lowest BCUT2D eigenvalue weighted by Crippen LogP contribution is -2.40. The molecule has 1 heterocycles. The standard InChI is InChI=1S/C14H21NO/c1-12-5-3-4-6-13(12)15-9-7-14(2,11-16)8-10-15/h3-6,16H,7-11H2,1-2H3. The lowest BCUT2D eigenvalue weighted by Gasteiger charge is -2.39. The van der Waals surface area contributed by atoms with Crippen LogP contribution >= 0.6 is 0 Å². The number of hydrogen-bond donors (Lipinski definition) is 1. The molecule has 2 nitrogen and oxygen atoms in total. The van der Waals surface area contributed by atoms with Gasteiger partial charge in [-0.3, -0.25) is 0 Å². The fourth-order valence-corrected chi connectivity index (χ4v) is 2.36. The second-order valence-corrected chi connectivity index (χ2v) is 5.24. The average Bonchev–Trinajstić information content (AvgIpc) is 2.31. The van der Waals surface area contributed by atoms with Crippen LogP contribution < -0.4 is 4.90 Å². The average molecular weight is 219 g/mol. The van der Waals surface area contributed by atoms with Gasteiger partial charge in [0.15, 0.2) is 0 Å². The van der Waals surface area contributed by atoms with Crippen molar-refractivity contribution in [3.63, 3.8) is 0 Å². The van der Waals surface area contributed by atoms with E-state index in [9.17, 15) is 5.11 Å². The van der Waals surface area contributed by atoms with Crippen LogP contribution in [0.15, 0.2) is 24.3 Å². The van der Waals surface area contributed by atoms with Gasteiger partial charge >= 0.3 is 0 Å². The number of anilines is 1. The van der Waals surface area contributed by atoms with Crippen molar-refractivity contribution < 1.29 is 5.11 Å². The van der Waals surface area contributed by atoms with Crippen molar-refractivity contribution in [2.45, 2.75) is 26.7 Å². The van der Waals surface area contributed by atoms with Crippen molar-refractivity contribution in [1.82, 2.24) is 0 Å². The Balaban J connectivity index is 2.07. The number of benzene rings is 1. The lowest BCUT2D eigenvalue weighted by molar-refractivity contribution is 0.115. The van der Waals surface area contributed by atoms with E-state index >= 15 is 0 Å². The van der Waals surface area contributed by atoms with E-state index in [1.165, 1.54) is 11.3 Å². The molecule has 1 aliphatic rings. The highest BCUT2D eigenvalue weighted by atomic mass is 16.3. The van der Waals surface area contributed by atoms with Crippen LogP contribution in [0.3, 0.4) is 0 Å². The van der Waals surface area contributed by atoms with Crippen LogP contribution in [0, 0.1) is 12.3 Å². The van der Waals surface area contributed by atoms with Gasteiger partial charge in [-0.25, -0.2) is 0 Å². The number of hydrogen-bond acceptors (Lipinski definition) is 2. The fraction of sp³-hybridized carbons (Fsp3) is 0.571. The lowest BCUT2D eigenvalue weighted by atomic mass is 9.81. The van der Waals surface area contributed by atoms with Crippen LogP contribution in [-0.4, -0.2) is 24.8 Å². The van der Waals surface area contributed by atoms with Crippen LogP contribution in [0.2, 0.25) is 0 Å². The summed E-state index contributed by atoms with van der Waals surface area (Å²) < 4.78 is 0. The number of para-hydroxylation sites is 1. The summed E-state index contributed by atoms with van der Waals surface area (Å²) in [6.07, 6.45) is 2.16. The van der Waals surface area contributed by atoms with Crippen molar-refractivity contribution >= 4 is 5.69 Å². The van der Waals surface area contributed by atoms with Gasteiger partial charge < -0.3 is 10.0 Å². The van der Waals surface area contributed by atoms with Gasteiger partial charge in [0.2, 0.25) is 0 Å². The zero-order valence-electron chi connectivity index (χ0n) is 10.2. The van der Waals surface area contributed by atoms with Crippen molar-refractivity contribution in [2.75, 3.05) is 24.6 Å². The number of rotatable bonds is 2. The molecule has 16 heavy (non-hydrogen) atoms. The van der Waals surface area contributed by atoms with E-state index in [0.29, 0.717) is 6.61 Å². The van der Waals surface area contributed by atoms with Crippen molar-refractivity contribution in [3.05, 3.63) is 29.8 Å². The van der Waals surface area contributed by atoms with Crippen LogP contribution in [0.25, 0.3) is 0 Å². The molecule has 0 amide bonds. The molecule has 0 aromatic heterocycles. The first-order valence-corrected chi connectivity index (χ1v) is 6.06. The van der Waals surface area contributed by atoms with Crippen LogP contribution in [0.4, 0.5) is 5.69 Å². The van der Waals surface area contributed by atoms with Gasteiger partial charge in [0.05, 0.1) is 0 Å². The highest BCUT2D eigenvalue weighted by Crippen LogP contribution is 2.33. The normalized spacial score (nSPS) is 19.8. The maximum Gasteiger partial charge on any atom is 0.0486 e. The number of aliphatic hydroxyl groups is 1. The maximum atomic E-state index is 9.34. The Labute approximate surface area is 97.9 Å². The number of aryl methyl sites for hydroxylation is 1. The zero-order valence-corrected chi connectivity index (χ0v) is 10.2. The summed E-state index contributed by atoms with van der Waals surface area (Å²) in [6.45, 7) is 6.77. The molecule has 0 saturated carbocycles. The predicted octanol–water partition coefficient (Wildman–Crippen LogP) is 2.59. The summed E-state index contributed by atoms with van der Waals surface area (Å²) in [5, 5.41) is 9.34. The summed E-state index contributed by atoms with van der Waals surface area (Å²) in [5.74, 6) is 0. The van der Waals surface area contributed by atoms with Crippen LogP contribution in [-0.2, 0) is 0 Å². The third-order valence-corrected chi connectivity index (χ3v) is 3.81. The first kappa shape index (κ1) is 11.5. The van der Waals surface area contributed by atoms with E-state index in [-0.39, 0.29) is 5.41 Å². The van der Waals surface area contributed by atoms with Crippen molar-refractivity contribution in [1.29, 1.82) is 0 Å². The van der Waals surface area contributed by atoms with Gasteiger partial charge in [-0.1, -0.05) is 25.1 Å². The quantitative estimate of drug-likeness (QED) is 0.826. The van der Waals surface area contributed by atoms with Gasteiger partial charge in [0.25, 0.3) is 0 Å². The molecule has 1 aliphatic heterocycles. The van der Waals surface area contributed by atoms with Gasteiger partial charge in [0.1, 0.15) is 0 Å². The minimum Gasteiger partial charge on any atom is -0.396 e. The second kappa shape index (κ2) is 4.46. The smallest absolute Gasteiger partial charge is 0.0486 e. The van der Waals surface area contributed by atoms with E-state index in [0.717, 1.165) is 25.9 Å². The minimum atomic E-state index is 0.138. The number of aliphatic hydroxyl groups excluding tert-OH is 1. The number of piperidine rings is 1. The molecule has 1 aromatic rings. The zero-order chi connectivity index (χ0) is 11.6. The highest BCUT2D eigenvalue weighted by molar-refractivity contribution is 5.53. The Morgan fingerprint density at radius 1 is 1.25 bits per heavy atom. The van der Waals surface area contributed by atoms with E-state index < -0.39 is 0 Å². The number of nitrogens with zero attached hydrogens (tertiary/aromatic N) is 1. The topological polar surface area (TPSA) is 23.5 Å². The molecule has 0 aliphatic carbocycles. The molecule has 0 atom stereocenters. The summed E-state index contributed by atoms with van der Waals surface area (Å²) in [7, 11) is 0. The molecular formula is C14H21NO. The van der Waals surface area contributed by atoms with E-state index in [1.54, 1.807) is 0 Å². The van der Waals surface area contributed by atoms with E-state index in [4.69, 9.17) is 0 Å². The Hall–Kier alpha value is -1.02. The van der Waals surface area contributed by atoms with E-state index in [1.807, 2.05) is 0 Å². The van der Waals surface area contributed by atoms with Gasteiger partial charge in [-0.15, -0.1) is 0 Å². The molecule has 2 rings (SSSR count). The Bertz CT molecular complexity index is 354. The molecule has 1 fully saturated rings. The highest BCUT2D eigenvalue weighted by Gasteiger charge is 2.29. The first-order valence-electron chi connectivity index (χ1n) is 6.06. The maximum absolute atomic E-state index is 9.34. The molecule has 1 N–H and O–H groups in total. The summed E-state index contributed by atoms with van der Waals surface area (Å²) in [5.41, 5.74) is 2.83. The summed E-state index contributed by atoms with van der Waals surface area (Å²) >= 11 is 0. The Morgan fingerprint density at radius 3 is 2.44 bits per heavy atom. The van der Waals surface area contributed by atoms with Crippen LogP contribution in [0.5, 0.6) is 0 Å². The molecule has 2 heteroatoms. The van der Waals surface area contributed by atoms with Crippen LogP contribution in [0.1, 0.15) is 25.3 Å². The molecule has 88 valence electrons. The molecule has 0 bridgehead atoms. The fourth-order valence-electron chi connectivity index (χ4n) is 2.36. The van der Waals surface area contributed by atoms with Crippen molar-refractivity contribution in [2.24, 2.45) is 5.41 Å². The molecular weight excluding hydrogens is 198 g/mol. The van der Waals surface area contributed by atoms with E-state index in [2.05, 4.69) is 43.0 Å². The third kappa shape index (κ3) is 2.22. The summed E-state index contributed by atoms with van der Waals surface area (Å²) in [4.78, 5) is 2.44. The third-order valence-electron chi connectivity index (χ3n) is 3.81. The predicted molar refractivity (Wildman–Crippen MR) is 67.8 cm³/mol. The SMILES string of the molecule is Cc1ccccc1N1CCC(C)(CO)CC1. The first-order chi connectivity index (χ1) is 7.64. The molecule has 0 spiro atoms. The monoisotopic (exact) mass is 219 g/mol. The minimum absolute atomic E-state index is 0.138. The molecule has 0 unspecified atom stereocenters.